The van der Waals surface area contributed by atoms with Crippen molar-refractivity contribution in [3.63, 3.8) is 0 Å². The summed E-state index contributed by atoms with van der Waals surface area (Å²) in [6.45, 7) is 1.68. The number of rotatable bonds is 9. The Morgan fingerprint density at radius 2 is 2.06 bits per heavy atom. The summed E-state index contributed by atoms with van der Waals surface area (Å²) in [5.41, 5.74) is 5.33. The first-order chi connectivity index (χ1) is 15.1. The predicted molar refractivity (Wildman–Crippen MR) is 122 cm³/mol. The van der Waals surface area contributed by atoms with Crippen LogP contribution in [0.4, 0.5) is 17.6 Å². The number of aromatic amines is 2. The number of aromatic nitrogens is 6. The first-order valence-corrected chi connectivity index (χ1v) is 10.6. The fraction of sp³-hybridized carbons (Fsp3) is 0.364. The van der Waals surface area contributed by atoms with Gasteiger partial charge in [0.15, 0.2) is 5.82 Å². The van der Waals surface area contributed by atoms with Gasteiger partial charge < -0.3 is 20.5 Å². The molecule has 1 fully saturated rings. The standard InChI is InChI=1S/C22H27N9/c1-31(2)8-7-23-22-24-12-16(9-14-3-6-17-19(10-14)26-13-25-17)21(28-22)27-20-11-18(29-30-20)15-4-5-15/h3,6,10-13,15H,4-5,7-9H2,1-2H3,(H,25,26)(H3,23,24,27,28,29,30). The van der Waals surface area contributed by atoms with Gasteiger partial charge in [-0.15, -0.1) is 0 Å². The number of likely N-dealkylation sites (N-methyl/N-ethyl adjacent to an activating group) is 1. The Morgan fingerprint density at radius 3 is 2.90 bits per heavy atom. The van der Waals surface area contributed by atoms with E-state index in [1.54, 1.807) is 6.33 Å². The molecule has 3 aromatic heterocycles. The van der Waals surface area contributed by atoms with Gasteiger partial charge in [0.05, 0.1) is 17.4 Å². The summed E-state index contributed by atoms with van der Waals surface area (Å²) < 4.78 is 0. The summed E-state index contributed by atoms with van der Waals surface area (Å²) >= 11 is 0. The molecular weight excluding hydrogens is 390 g/mol. The molecule has 4 aromatic rings. The van der Waals surface area contributed by atoms with Gasteiger partial charge in [-0.05, 0) is 44.6 Å². The fourth-order valence-corrected chi connectivity index (χ4v) is 3.55. The maximum Gasteiger partial charge on any atom is 0.224 e. The van der Waals surface area contributed by atoms with Crippen LogP contribution < -0.4 is 10.6 Å². The molecule has 4 N–H and O–H groups in total. The SMILES string of the molecule is CN(C)CCNc1ncc(Cc2ccc3[nH]cnc3c2)c(Nc2cc(C3CC3)[nH]n2)n1. The van der Waals surface area contributed by atoms with Crippen LogP contribution in [0.15, 0.2) is 36.8 Å². The average Bonchev–Trinajstić information content (AvgIpc) is 3.31. The maximum atomic E-state index is 4.76. The van der Waals surface area contributed by atoms with Gasteiger partial charge in [-0.3, -0.25) is 5.10 Å². The Kier molecular flexibility index (Phi) is 5.25. The Hall–Kier alpha value is -3.46. The number of imidazole rings is 1. The summed E-state index contributed by atoms with van der Waals surface area (Å²) in [4.78, 5) is 18.9. The molecule has 9 nitrogen and oxygen atoms in total. The predicted octanol–water partition coefficient (Wildman–Crippen LogP) is 3.26. The molecule has 3 heterocycles. The molecule has 0 saturated heterocycles. The second-order valence-corrected chi connectivity index (χ2v) is 8.34. The Labute approximate surface area is 180 Å². The first kappa shape index (κ1) is 19.5. The molecule has 0 radical (unpaired) electrons. The average molecular weight is 418 g/mol. The summed E-state index contributed by atoms with van der Waals surface area (Å²) in [5.74, 6) is 2.77. The number of nitrogens with zero attached hydrogens (tertiary/aromatic N) is 5. The smallest absolute Gasteiger partial charge is 0.224 e. The van der Waals surface area contributed by atoms with E-state index in [0.29, 0.717) is 18.3 Å². The van der Waals surface area contributed by atoms with Crippen LogP contribution in [-0.4, -0.2) is 62.2 Å². The number of anilines is 3. The monoisotopic (exact) mass is 417 g/mol. The second-order valence-electron chi connectivity index (χ2n) is 8.34. The maximum absolute atomic E-state index is 4.76. The Bertz CT molecular complexity index is 1170. The molecule has 0 aliphatic heterocycles. The largest absolute Gasteiger partial charge is 0.353 e. The molecule has 0 unspecified atom stereocenters. The highest BCUT2D eigenvalue weighted by Crippen LogP contribution is 2.39. The fourth-order valence-electron chi connectivity index (χ4n) is 3.55. The van der Waals surface area contributed by atoms with Crippen molar-refractivity contribution in [2.45, 2.75) is 25.2 Å². The molecule has 31 heavy (non-hydrogen) atoms. The summed E-state index contributed by atoms with van der Waals surface area (Å²) in [6, 6.07) is 8.34. The number of hydrogen-bond donors (Lipinski definition) is 4. The van der Waals surface area contributed by atoms with E-state index in [0.717, 1.165) is 46.9 Å². The van der Waals surface area contributed by atoms with Crippen LogP contribution in [0.25, 0.3) is 11.0 Å². The van der Waals surface area contributed by atoms with Gasteiger partial charge in [0.2, 0.25) is 5.95 Å². The van der Waals surface area contributed by atoms with Crippen molar-refractivity contribution in [2.24, 2.45) is 0 Å². The van der Waals surface area contributed by atoms with Crippen LogP contribution >= 0.6 is 0 Å². The lowest BCUT2D eigenvalue weighted by Crippen LogP contribution is -2.21. The zero-order valence-corrected chi connectivity index (χ0v) is 17.8. The van der Waals surface area contributed by atoms with Gasteiger partial charge in [-0.1, -0.05) is 6.07 Å². The zero-order valence-electron chi connectivity index (χ0n) is 17.8. The van der Waals surface area contributed by atoms with Crippen molar-refractivity contribution in [2.75, 3.05) is 37.8 Å². The third-order valence-electron chi connectivity index (χ3n) is 5.45. The molecule has 0 spiro atoms. The van der Waals surface area contributed by atoms with E-state index in [9.17, 15) is 0 Å². The van der Waals surface area contributed by atoms with Crippen LogP contribution in [-0.2, 0) is 6.42 Å². The molecule has 1 aliphatic rings. The molecule has 0 bridgehead atoms. The van der Waals surface area contributed by atoms with E-state index < -0.39 is 0 Å². The molecule has 0 atom stereocenters. The highest BCUT2D eigenvalue weighted by Gasteiger charge is 2.25. The van der Waals surface area contributed by atoms with E-state index in [2.05, 4.69) is 64.9 Å². The Balaban J connectivity index is 1.40. The van der Waals surface area contributed by atoms with Gasteiger partial charge in [-0.2, -0.15) is 10.1 Å². The van der Waals surface area contributed by atoms with Crippen LogP contribution in [0.3, 0.4) is 0 Å². The normalized spacial score (nSPS) is 13.8. The number of hydrogen-bond acceptors (Lipinski definition) is 7. The number of fused-ring (bicyclic) bond motifs is 1. The van der Waals surface area contributed by atoms with Gasteiger partial charge >= 0.3 is 0 Å². The van der Waals surface area contributed by atoms with Gasteiger partial charge in [0, 0.05) is 48.9 Å². The van der Waals surface area contributed by atoms with Crippen LogP contribution in [0.5, 0.6) is 0 Å². The van der Waals surface area contributed by atoms with Crippen LogP contribution in [0.2, 0.25) is 0 Å². The molecule has 9 heteroatoms. The van der Waals surface area contributed by atoms with Gasteiger partial charge in [-0.25, -0.2) is 9.97 Å². The Morgan fingerprint density at radius 1 is 1.16 bits per heavy atom. The van der Waals surface area contributed by atoms with Crippen molar-refractivity contribution in [3.8, 4) is 0 Å². The molecule has 0 amide bonds. The van der Waals surface area contributed by atoms with E-state index in [-0.39, 0.29) is 0 Å². The minimum Gasteiger partial charge on any atom is -0.353 e. The third kappa shape index (κ3) is 4.66. The van der Waals surface area contributed by atoms with E-state index in [1.807, 2.05) is 20.3 Å². The van der Waals surface area contributed by atoms with E-state index in [1.165, 1.54) is 18.5 Å². The third-order valence-corrected chi connectivity index (χ3v) is 5.45. The van der Waals surface area contributed by atoms with E-state index in [4.69, 9.17) is 4.98 Å². The quantitative estimate of drug-likeness (QED) is 0.331. The topological polar surface area (TPSA) is 110 Å². The molecule has 1 aromatic carbocycles. The summed E-state index contributed by atoms with van der Waals surface area (Å²) in [6.07, 6.45) is 6.76. The number of H-pyrrole nitrogens is 2. The van der Waals surface area contributed by atoms with Crippen molar-refractivity contribution >= 4 is 28.6 Å². The lowest BCUT2D eigenvalue weighted by atomic mass is 10.1. The van der Waals surface area contributed by atoms with E-state index >= 15 is 0 Å². The molecule has 1 saturated carbocycles. The number of nitrogens with one attached hydrogen (secondary N) is 4. The lowest BCUT2D eigenvalue weighted by Gasteiger charge is -2.13. The first-order valence-electron chi connectivity index (χ1n) is 10.6. The molecule has 5 rings (SSSR count). The van der Waals surface area contributed by atoms with Crippen molar-refractivity contribution in [1.29, 1.82) is 0 Å². The van der Waals surface area contributed by atoms with Crippen molar-refractivity contribution in [1.82, 2.24) is 35.0 Å². The van der Waals surface area contributed by atoms with Gasteiger partial charge in [0.25, 0.3) is 0 Å². The van der Waals surface area contributed by atoms with Crippen LogP contribution in [0, 0.1) is 0 Å². The summed E-state index contributed by atoms with van der Waals surface area (Å²) in [5, 5.41) is 14.3. The molecule has 160 valence electrons. The molecule has 1 aliphatic carbocycles. The second kappa shape index (κ2) is 8.35. The zero-order chi connectivity index (χ0) is 21.2. The van der Waals surface area contributed by atoms with Crippen molar-refractivity contribution in [3.05, 3.63) is 53.6 Å². The minimum absolute atomic E-state index is 0.605. The van der Waals surface area contributed by atoms with Crippen molar-refractivity contribution < 1.29 is 0 Å². The highest BCUT2D eigenvalue weighted by molar-refractivity contribution is 5.75. The minimum atomic E-state index is 0.605. The summed E-state index contributed by atoms with van der Waals surface area (Å²) in [7, 11) is 4.09. The lowest BCUT2D eigenvalue weighted by molar-refractivity contribution is 0.425. The molecular formula is C22H27N9. The van der Waals surface area contributed by atoms with Gasteiger partial charge in [0.1, 0.15) is 5.82 Å². The highest BCUT2D eigenvalue weighted by atomic mass is 15.2. The van der Waals surface area contributed by atoms with Crippen LogP contribution in [0.1, 0.15) is 35.6 Å². The number of benzene rings is 1.